The van der Waals surface area contributed by atoms with Crippen LogP contribution in [0.1, 0.15) is 31.9 Å². The van der Waals surface area contributed by atoms with Crippen LogP contribution in [0, 0.1) is 5.21 Å². The van der Waals surface area contributed by atoms with E-state index >= 15 is 0 Å². The molecule has 1 aromatic rings. The Balaban J connectivity index is 3.30. The van der Waals surface area contributed by atoms with Crippen molar-refractivity contribution in [2.24, 2.45) is 0 Å². The summed E-state index contributed by atoms with van der Waals surface area (Å²) in [6.07, 6.45) is -0.501. The van der Waals surface area contributed by atoms with Crippen LogP contribution in [0.4, 0.5) is 11.4 Å². The second-order valence-electron chi connectivity index (χ2n) is 5.06. The summed E-state index contributed by atoms with van der Waals surface area (Å²) in [6.45, 7) is 4.90. The Hall–Kier alpha value is -2.65. The van der Waals surface area contributed by atoms with Crippen molar-refractivity contribution < 1.29 is 29.1 Å². The molecule has 1 amide bonds. The molecule has 0 radical (unpaired) electrons. The van der Waals surface area contributed by atoms with Crippen molar-refractivity contribution in [2.75, 3.05) is 23.8 Å². The van der Waals surface area contributed by atoms with E-state index in [9.17, 15) is 24.8 Å². The highest BCUT2D eigenvalue weighted by molar-refractivity contribution is 5.92. The van der Waals surface area contributed by atoms with Gasteiger partial charge in [0.15, 0.2) is 0 Å². The molecule has 0 fully saturated rings. The van der Waals surface area contributed by atoms with E-state index in [0.717, 1.165) is 0 Å². The topological polar surface area (TPSA) is 128 Å². The molecule has 0 aliphatic heterocycles. The Labute approximate surface area is 145 Å². The predicted octanol–water partition coefficient (Wildman–Crippen LogP) is 1.55. The van der Waals surface area contributed by atoms with E-state index in [0.29, 0.717) is 0 Å². The van der Waals surface area contributed by atoms with Gasteiger partial charge < -0.3 is 25.2 Å². The van der Waals surface area contributed by atoms with Crippen LogP contribution in [0.5, 0.6) is 0 Å². The molecule has 9 nitrogen and oxygen atoms in total. The first-order valence-electron chi connectivity index (χ1n) is 7.69. The first-order chi connectivity index (χ1) is 11.8. The van der Waals surface area contributed by atoms with E-state index in [-0.39, 0.29) is 48.6 Å². The van der Waals surface area contributed by atoms with Crippen molar-refractivity contribution >= 4 is 29.2 Å². The van der Waals surface area contributed by atoms with Crippen LogP contribution in [0.15, 0.2) is 12.1 Å². The number of hydrogen-bond donors (Lipinski definition) is 2. The minimum Gasteiger partial charge on any atom is -0.733 e. The Kier molecular flexibility index (Phi) is 7.83. The molecule has 0 spiro atoms. The van der Waals surface area contributed by atoms with E-state index in [4.69, 9.17) is 9.47 Å². The minimum atomic E-state index is -0.600. The number of ether oxygens (including phenoxy) is 2. The maximum atomic E-state index is 11.7. The van der Waals surface area contributed by atoms with E-state index in [1.54, 1.807) is 13.8 Å². The maximum absolute atomic E-state index is 11.7. The summed E-state index contributed by atoms with van der Waals surface area (Å²) in [7, 11) is 0. The van der Waals surface area contributed by atoms with Gasteiger partial charge in [-0.05, 0) is 37.1 Å². The van der Waals surface area contributed by atoms with E-state index in [1.807, 2.05) is 0 Å². The molecule has 1 rings (SSSR count). The molecular formula is C16H21N2O7-. The number of carbonyl (C=O) groups is 3. The molecule has 138 valence electrons. The number of nitrogens with one attached hydrogen (secondary N) is 1. The molecule has 25 heavy (non-hydrogen) atoms. The van der Waals surface area contributed by atoms with Crippen LogP contribution >= 0.6 is 0 Å². The van der Waals surface area contributed by atoms with Crippen LogP contribution < -0.4 is 10.5 Å². The molecule has 0 heterocycles. The average molecular weight is 353 g/mol. The molecule has 0 aromatic heterocycles. The van der Waals surface area contributed by atoms with Crippen molar-refractivity contribution in [1.82, 2.24) is 0 Å². The summed E-state index contributed by atoms with van der Waals surface area (Å²) in [5.74, 6) is -1.56. The lowest BCUT2D eigenvalue weighted by molar-refractivity contribution is -0.143. The number of benzene rings is 1. The number of nitrogens with zero attached hydrogens (tertiary/aromatic N) is 1. The number of carbonyl (C=O) groups excluding carboxylic acids is 3. The van der Waals surface area contributed by atoms with Gasteiger partial charge in [0.05, 0.1) is 31.7 Å². The fourth-order valence-electron chi connectivity index (χ4n) is 2.18. The van der Waals surface area contributed by atoms with Gasteiger partial charge in [0.25, 0.3) is 0 Å². The van der Waals surface area contributed by atoms with Crippen LogP contribution in [-0.4, -0.2) is 36.3 Å². The van der Waals surface area contributed by atoms with Gasteiger partial charge in [-0.1, -0.05) is 0 Å². The molecule has 0 aliphatic carbocycles. The van der Waals surface area contributed by atoms with Crippen molar-refractivity contribution in [2.45, 2.75) is 33.6 Å². The summed E-state index contributed by atoms with van der Waals surface area (Å²) >= 11 is 0. The zero-order valence-electron chi connectivity index (χ0n) is 14.3. The lowest BCUT2D eigenvalue weighted by atomic mass is 10.0. The monoisotopic (exact) mass is 353 g/mol. The van der Waals surface area contributed by atoms with Crippen LogP contribution in [0.2, 0.25) is 0 Å². The van der Waals surface area contributed by atoms with Crippen molar-refractivity contribution in [3.05, 3.63) is 28.5 Å². The molecule has 0 aliphatic rings. The summed E-state index contributed by atoms with van der Waals surface area (Å²) in [6, 6.07) is 2.58. The average Bonchev–Trinajstić information content (AvgIpc) is 2.49. The Bertz CT molecular complexity index is 644. The number of hydrogen-bond acceptors (Lipinski definition) is 8. The zero-order valence-corrected chi connectivity index (χ0v) is 14.3. The van der Waals surface area contributed by atoms with Crippen LogP contribution in [0.3, 0.4) is 0 Å². The summed E-state index contributed by atoms with van der Waals surface area (Å²) in [5.41, 5.74) is 0.436. The van der Waals surface area contributed by atoms with Crippen molar-refractivity contribution in [1.29, 1.82) is 0 Å². The number of amides is 1. The fourth-order valence-corrected chi connectivity index (χ4v) is 2.18. The number of esters is 2. The molecule has 1 aromatic carbocycles. The SMILES string of the molecule is CCOC(=O)Cc1cc(N([O-])O)c(CC(=O)OCC)cc1NC(C)=O. The van der Waals surface area contributed by atoms with E-state index in [2.05, 4.69) is 5.32 Å². The first kappa shape index (κ1) is 20.4. The number of rotatable bonds is 8. The van der Waals surface area contributed by atoms with Crippen molar-refractivity contribution in [3.63, 3.8) is 0 Å². The predicted molar refractivity (Wildman–Crippen MR) is 89.1 cm³/mol. The van der Waals surface area contributed by atoms with Crippen LogP contribution in [-0.2, 0) is 36.7 Å². The second kappa shape index (κ2) is 9.60. The molecule has 0 unspecified atom stereocenters. The van der Waals surface area contributed by atoms with Gasteiger partial charge in [-0.25, -0.2) is 0 Å². The van der Waals surface area contributed by atoms with Gasteiger partial charge in [0.1, 0.15) is 0 Å². The summed E-state index contributed by atoms with van der Waals surface area (Å²) < 4.78 is 9.68. The first-order valence-corrected chi connectivity index (χ1v) is 7.69. The highest BCUT2D eigenvalue weighted by Crippen LogP contribution is 2.29. The van der Waals surface area contributed by atoms with Gasteiger partial charge in [0, 0.05) is 12.6 Å². The largest absolute Gasteiger partial charge is 0.733 e. The fraction of sp³-hybridized carbons (Fsp3) is 0.438. The van der Waals surface area contributed by atoms with Gasteiger partial charge in [-0.2, -0.15) is 0 Å². The molecule has 9 heteroatoms. The quantitative estimate of drug-likeness (QED) is 0.532. The number of anilines is 2. The van der Waals surface area contributed by atoms with Gasteiger partial charge in [-0.3, -0.25) is 19.6 Å². The Morgan fingerprint density at radius 1 is 1.08 bits per heavy atom. The van der Waals surface area contributed by atoms with E-state index < -0.39 is 23.1 Å². The molecule has 0 saturated heterocycles. The molecule has 0 saturated carbocycles. The zero-order chi connectivity index (χ0) is 19.0. The molecule has 0 atom stereocenters. The van der Waals surface area contributed by atoms with E-state index in [1.165, 1.54) is 19.1 Å². The Morgan fingerprint density at radius 2 is 1.60 bits per heavy atom. The second-order valence-corrected chi connectivity index (χ2v) is 5.06. The normalized spacial score (nSPS) is 10.1. The highest BCUT2D eigenvalue weighted by atomic mass is 16.8. The summed E-state index contributed by atoms with van der Waals surface area (Å²) in [4.78, 5) is 34.8. The maximum Gasteiger partial charge on any atom is 0.310 e. The molecule has 2 N–H and O–H groups in total. The molecular weight excluding hydrogens is 332 g/mol. The standard InChI is InChI=1S/C16H21N2O7/c1-4-24-15(20)8-11-7-14(18(22)23)12(9-16(21)25-5-2)6-13(11)17-10(3)19/h6-7,22H,4-5,8-9H2,1-3H3,(H,17,19)/q-1. The van der Waals surface area contributed by atoms with Gasteiger partial charge >= 0.3 is 11.9 Å². The Morgan fingerprint density at radius 3 is 2.04 bits per heavy atom. The van der Waals surface area contributed by atoms with Crippen LogP contribution in [0.25, 0.3) is 0 Å². The summed E-state index contributed by atoms with van der Waals surface area (Å²) in [5, 5.41) is 22.9. The third-order valence-electron chi connectivity index (χ3n) is 3.10. The van der Waals surface area contributed by atoms with Gasteiger partial charge in [0.2, 0.25) is 5.91 Å². The third kappa shape index (κ3) is 6.40. The lowest BCUT2D eigenvalue weighted by Crippen LogP contribution is -2.18. The molecule has 0 bridgehead atoms. The lowest BCUT2D eigenvalue weighted by Gasteiger charge is -2.26. The highest BCUT2D eigenvalue weighted by Gasteiger charge is 2.17. The van der Waals surface area contributed by atoms with Crippen molar-refractivity contribution in [3.8, 4) is 0 Å². The third-order valence-corrected chi connectivity index (χ3v) is 3.10. The van der Waals surface area contributed by atoms with Gasteiger partial charge in [-0.15, -0.1) is 0 Å². The minimum absolute atomic E-state index is 0.146. The smallest absolute Gasteiger partial charge is 0.310 e.